The van der Waals surface area contributed by atoms with Gasteiger partial charge in [0.15, 0.2) is 5.58 Å². The first-order valence-electron chi connectivity index (χ1n) is 8.35. The number of hydrogen-bond donors (Lipinski definition) is 0. The van der Waals surface area contributed by atoms with Crippen LogP contribution in [0.5, 0.6) is 0 Å². The maximum atomic E-state index is 10.7. The lowest BCUT2D eigenvalue weighted by atomic mass is 10.2. The molecule has 0 unspecified atom stereocenters. The van der Waals surface area contributed by atoms with Crippen LogP contribution in [0, 0.1) is 17.0 Å². The van der Waals surface area contributed by atoms with Crippen LogP contribution in [0.15, 0.2) is 76.1 Å². The van der Waals surface area contributed by atoms with Crippen molar-refractivity contribution in [1.82, 2.24) is 4.98 Å². The van der Waals surface area contributed by atoms with E-state index in [-0.39, 0.29) is 5.69 Å². The van der Waals surface area contributed by atoms with Crippen LogP contribution >= 0.6 is 0 Å². The van der Waals surface area contributed by atoms with Crippen molar-refractivity contribution in [1.29, 1.82) is 0 Å². The summed E-state index contributed by atoms with van der Waals surface area (Å²) in [4.78, 5) is 19.2. The number of aryl methyl sites for hydroxylation is 1. The Hall–Kier alpha value is -3.80. The average Bonchev–Trinajstić information content (AvgIpc) is 3.10. The molecule has 0 bridgehead atoms. The van der Waals surface area contributed by atoms with E-state index in [4.69, 9.17) is 4.42 Å². The van der Waals surface area contributed by atoms with Crippen LogP contribution < -0.4 is 0 Å². The zero-order valence-electron chi connectivity index (χ0n) is 14.5. The summed E-state index contributed by atoms with van der Waals surface area (Å²) >= 11 is 0. The van der Waals surface area contributed by atoms with E-state index in [1.165, 1.54) is 12.1 Å². The van der Waals surface area contributed by atoms with Gasteiger partial charge in [0.05, 0.1) is 10.6 Å². The monoisotopic (exact) mass is 357 g/mol. The number of aromatic nitrogens is 1. The van der Waals surface area contributed by atoms with Crippen molar-refractivity contribution in [2.24, 2.45) is 4.99 Å². The largest absolute Gasteiger partial charge is 0.436 e. The number of nitro groups is 1. The summed E-state index contributed by atoms with van der Waals surface area (Å²) in [7, 11) is 0. The molecule has 0 amide bonds. The molecule has 3 aromatic carbocycles. The molecular weight excluding hydrogens is 342 g/mol. The van der Waals surface area contributed by atoms with Crippen LogP contribution in [0.4, 0.5) is 11.4 Å². The number of hydrogen-bond acceptors (Lipinski definition) is 5. The fraction of sp³-hybridized carbons (Fsp3) is 0.0476. The van der Waals surface area contributed by atoms with Gasteiger partial charge in [-0.15, -0.1) is 0 Å². The van der Waals surface area contributed by atoms with E-state index in [9.17, 15) is 10.1 Å². The van der Waals surface area contributed by atoms with Crippen molar-refractivity contribution in [3.63, 3.8) is 0 Å². The first-order valence-corrected chi connectivity index (χ1v) is 8.35. The van der Waals surface area contributed by atoms with Crippen molar-refractivity contribution >= 4 is 28.7 Å². The minimum Gasteiger partial charge on any atom is -0.436 e. The van der Waals surface area contributed by atoms with Crippen molar-refractivity contribution < 1.29 is 9.34 Å². The van der Waals surface area contributed by atoms with E-state index in [0.717, 1.165) is 33.5 Å². The predicted octanol–water partition coefficient (Wildman–Crippen LogP) is 5.46. The third-order valence-electron chi connectivity index (χ3n) is 4.10. The van der Waals surface area contributed by atoms with Crippen LogP contribution in [0.3, 0.4) is 0 Å². The minimum absolute atomic E-state index is 0.0559. The highest BCUT2D eigenvalue weighted by Gasteiger charge is 2.09. The first-order chi connectivity index (χ1) is 13.1. The van der Waals surface area contributed by atoms with Gasteiger partial charge in [0.2, 0.25) is 5.89 Å². The van der Waals surface area contributed by atoms with Crippen molar-refractivity contribution in [2.45, 2.75) is 6.92 Å². The highest BCUT2D eigenvalue weighted by Crippen LogP contribution is 2.27. The molecule has 0 spiro atoms. The third kappa shape index (κ3) is 3.59. The van der Waals surface area contributed by atoms with E-state index >= 15 is 0 Å². The molecule has 4 aromatic rings. The molecule has 0 aliphatic rings. The SMILES string of the molecule is Cc1ccc2nc(-c3cccc(N=Cc4ccc([N+](=O)[O-])cc4)c3)oc2c1. The molecule has 0 aliphatic carbocycles. The lowest BCUT2D eigenvalue weighted by Gasteiger charge is -1.98. The maximum absolute atomic E-state index is 10.7. The number of nitrogens with zero attached hydrogens (tertiary/aromatic N) is 3. The summed E-state index contributed by atoms with van der Waals surface area (Å²) in [5, 5.41) is 10.7. The zero-order chi connectivity index (χ0) is 18.8. The second-order valence-corrected chi connectivity index (χ2v) is 6.15. The van der Waals surface area contributed by atoms with Gasteiger partial charge in [-0.1, -0.05) is 12.1 Å². The van der Waals surface area contributed by atoms with Gasteiger partial charge >= 0.3 is 0 Å². The number of fused-ring (bicyclic) bond motifs is 1. The van der Waals surface area contributed by atoms with Gasteiger partial charge in [-0.2, -0.15) is 0 Å². The number of rotatable bonds is 4. The fourth-order valence-electron chi connectivity index (χ4n) is 2.71. The standard InChI is InChI=1S/C21H15N3O3/c1-14-5-10-19-20(11-14)27-21(23-19)16-3-2-4-17(12-16)22-13-15-6-8-18(9-7-15)24(25)26/h2-13H,1H3. The van der Waals surface area contributed by atoms with Crippen LogP contribution in [0.2, 0.25) is 0 Å². The number of non-ortho nitro benzene ring substituents is 1. The van der Waals surface area contributed by atoms with E-state index < -0.39 is 4.92 Å². The molecule has 0 N–H and O–H groups in total. The Morgan fingerprint density at radius 1 is 1.07 bits per heavy atom. The Labute approximate surface area is 155 Å². The molecule has 4 rings (SSSR count). The number of oxazole rings is 1. The zero-order valence-corrected chi connectivity index (χ0v) is 14.5. The summed E-state index contributed by atoms with van der Waals surface area (Å²) in [5.74, 6) is 0.544. The molecule has 6 heteroatoms. The molecule has 0 saturated carbocycles. The van der Waals surface area contributed by atoms with Gasteiger partial charge in [-0.3, -0.25) is 15.1 Å². The summed E-state index contributed by atoms with van der Waals surface area (Å²) in [6, 6.07) is 19.7. The van der Waals surface area contributed by atoms with Crippen molar-refractivity contribution in [3.05, 3.63) is 88.0 Å². The Bertz CT molecular complexity index is 1160. The van der Waals surface area contributed by atoms with E-state index in [1.807, 2.05) is 49.4 Å². The Morgan fingerprint density at radius 2 is 1.89 bits per heavy atom. The minimum atomic E-state index is -0.424. The Kier molecular flexibility index (Phi) is 4.22. The quantitative estimate of drug-likeness (QED) is 0.276. The van der Waals surface area contributed by atoms with E-state index in [2.05, 4.69) is 9.98 Å². The normalized spacial score (nSPS) is 11.3. The number of nitro benzene ring substituents is 1. The van der Waals surface area contributed by atoms with Crippen LogP contribution in [0.1, 0.15) is 11.1 Å². The highest BCUT2D eigenvalue weighted by molar-refractivity contribution is 5.83. The highest BCUT2D eigenvalue weighted by atomic mass is 16.6. The fourth-order valence-corrected chi connectivity index (χ4v) is 2.71. The smallest absolute Gasteiger partial charge is 0.269 e. The third-order valence-corrected chi connectivity index (χ3v) is 4.10. The summed E-state index contributed by atoms with van der Waals surface area (Å²) in [5.41, 5.74) is 5.10. The Morgan fingerprint density at radius 3 is 2.67 bits per heavy atom. The van der Waals surface area contributed by atoms with Crippen molar-refractivity contribution in [2.75, 3.05) is 0 Å². The van der Waals surface area contributed by atoms with Crippen LogP contribution in [-0.2, 0) is 0 Å². The second-order valence-electron chi connectivity index (χ2n) is 6.15. The van der Waals surface area contributed by atoms with E-state index in [1.54, 1.807) is 18.3 Å². The molecule has 6 nitrogen and oxygen atoms in total. The molecule has 27 heavy (non-hydrogen) atoms. The van der Waals surface area contributed by atoms with Gasteiger partial charge in [0, 0.05) is 23.9 Å². The van der Waals surface area contributed by atoms with Gasteiger partial charge in [0.1, 0.15) is 5.52 Å². The lowest BCUT2D eigenvalue weighted by Crippen LogP contribution is -1.88. The summed E-state index contributed by atoms with van der Waals surface area (Å²) in [6.07, 6.45) is 1.66. The first kappa shape index (κ1) is 16.7. The van der Waals surface area contributed by atoms with Crippen LogP contribution in [-0.4, -0.2) is 16.1 Å². The maximum Gasteiger partial charge on any atom is 0.269 e. The van der Waals surface area contributed by atoms with Crippen molar-refractivity contribution in [3.8, 4) is 11.5 Å². The molecule has 0 fully saturated rings. The topological polar surface area (TPSA) is 81.5 Å². The molecular formula is C21H15N3O3. The van der Waals surface area contributed by atoms with Gasteiger partial charge in [-0.25, -0.2) is 4.98 Å². The predicted molar refractivity (Wildman–Crippen MR) is 105 cm³/mol. The van der Waals surface area contributed by atoms with Gasteiger partial charge in [0.25, 0.3) is 5.69 Å². The number of benzene rings is 3. The molecule has 1 aromatic heterocycles. The molecule has 0 atom stereocenters. The summed E-state index contributed by atoms with van der Waals surface area (Å²) < 4.78 is 5.86. The van der Waals surface area contributed by atoms with Gasteiger partial charge < -0.3 is 4.42 Å². The molecule has 0 radical (unpaired) electrons. The van der Waals surface area contributed by atoms with Crippen LogP contribution in [0.25, 0.3) is 22.6 Å². The summed E-state index contributed by atoms with van der Waals surface area (Å²) in [6.45, 7) is 2.01. The molecule has 0 aliphatic heterocycles. The Balaban J connectivity index is 1.60. The number of aliphatic imine (C=N–C) groups is 1. The van der Waals surface area contributed by atoms with E-state index in [0.29, 0.717) is 5.89 Å². The molecule has 1 heterocycles. The molecule has 0 saturated heterocycles. The average molecular weight is 357 g/mol. The second kappa shape index (κ2) is 6.84. The lowest BCUT2D eigenvalue weighted by molar-refractivity contribution is -0.384. The van der Waals surface area contributed by atoms with Gasteiger partial charge in [-0.05, 0) is 60.5 Å². The molecule has 132 valence electrons.